The molecule has 1 N–H and O–H groups in total. The average molecular weight is 436 g/mol. The van der Waals surface area contributed by atoms with Gasteiger partial charge in [-0.05, 0) is 48.9 Å². The van der Waals surface area contributed by atoms with Crippen LogP contribution in [0.2, 0.25) is 0 Å². The van der Waals surface area contributed by atoms with Crippen LogP contribution in [-0.4, -0.2) is 37.5 Å². The van der Waals surface area contributed by atoms with E-state index in [1.807, 2.05) is 0 Å². The molecule has 2 amide bonds. The number of alkyl halides is 3. The summed E-state index contributed by atoms with van der Waals surface area (Å²) in [6.45, 7) is -0.576. The van der Waals surface area contributed by atoms with E-state index >= 15 is 0 Å². The van der Waals surface area contributed by atoms with Crippen LogP contribution in [0.3, 0.4) is 0 Å². The third-order valence-electron chi connectivity index (χ3n) is 4.42. The molecule has 0 aliphatic carbocycles. The quantitative estimate of drug-likeness (QED) is 0.673. The van der Waals surface area contributed by atoms with Crippen molar-refractivity contribution in [1.29, 1.82) is 0 Å². The van der Waals surface area contributed by atoms with Gasteiger partial charge in [0.1, 0.15) is 5.75 Å². The van der Waals surface area contributed by atoms with Crippen molar-refractivity contribution >= 4 is 29.2 Å². The number of rotatable bonds is 7. The number of nitrogens with one attached hydrogen (secondary N) is 1. The number of halogens is 3. The highest BCUT2D eigenvalue weighted by Crippen LogP contribution is 2.31. The lowest BCUT2D eigenvalue weighted by Crippen LogP contribution is -2.24. The Balaban J connectivity index is 1.42. The summed E-state index contributed by atoms with van der Waals surface area (Å²) in [5.41, 5.74) is 0.285. The predicted octanol–water partition coefficient (Wildman–Crippen LogP) is 3.39. The van der Waals surface area contributed by atoms with Gasteiger partial charge in [0.2, 0.25) is 5.91 Å². The fourth-order valence-electron chi connectivity index (χ4n) is 2.94. The van der Waals surface area contributed by atoms with Gasteiger partial charge in [-0.25, -0.2) is 4.79 Å². The molecular formula is C21H19F3N2O5. The fourth-order valence-corrected chi connectivity index (χ4v) is 2.94. The lowest BCUT2D eigenvalue weighted by atomic mass is 10.2. The van der Waals surface area contributed by atoms with E-state index in [1.54, 1.807) is 29.2 Å². The maximum Gasteiger partial charge on any atom is 0.416 e. The number of carbonyl (C=O) groups is 3. The van der Waals surface area contributed by atoms with E-state index in [4.69, 9.17) is 9.47 Å². The van der Waals surface area contributed by atoms with Gasteiger partial charge in [0.25, 0.3) is 5.91 Å². The summed E-state index contributed by atoms with van der Waals surface area (Å²) in [7, 11) is 0. The van der Waals surface area contributed by atoms with Crippen molar-refractivity contribution in [3.8, 4) is 5.75 Å². The molecule has 1 fully saturated rings. The van der Waals surface area contributed by atoms with Crippen LogP contribution in [0, 0.1) is 0 Å². The molecule has 1 heterocycles. The molecule has 0 saturated carbocycles. The lowest BCUT2D eigenvalue weighted by Gasteiger charge is -2.16. The second-order valence-electron chi connectivity index (χ2n) is 6.72. The molecule has 10 heteroatoms. The first-order valence-corrected chi connectivity index (χ1v) is 9.38. The Labute approximate surface area is 175 Å². The standard InChI is InChI=1S/C21H19F3N2O5/c22-21(23,24)14-3-1-4-17(11-14)30-13-20(29)31-12-18(27)25-15-6-8-16(9-7-15)26-10-2-5-19(26)28/h1,3-4,6-9,11H,2,5,10,12-13H2,(H,25,27). The van der Waals surface area contributed by atoms with E-state index in [9.17, 15) is 27.6 Å². The van der Waals surface area contributed by atoms with Crippen LogP contribution >= 0.6 is 0 Å². The Morgan fingerprint density at radius 3 is 2.45 bits per heavy atom. The first-order valence-electron chi connectivity index (χ1n) is 9.38. The van der Waals surface area contributed by atoms with E-state index in [2.05, 4.69) is 5.32 Å². The van der Waals surface area contributed by atoms with Crippen LogP contribution in [0.25, 0.3) is 0 Å². The van der Waals surface area contributed by atoms with Gasteiger partial charge in [-0.1, -0.05) is 6.07 Å². The second-order valence-corrected chi connectivity index (χ2v) is 6.72. The van der Waals surface area contributed by atoms with Crippen LogP contribution < -0.4 is 15.0 Å². The van der Waals surface area contributed by atoms with Gasteiger partial charge >= 0.3 is 12.1 Å². The maximum absolute atomic E-state index is 12.7. The van der Waals surface area contributed by atoms with Crippen molar-refractivity contribution in [2.45, 2.75) is 19.0 Å². The minimum absolute atomic E-state index is 0.0519. The number of ether oxygens (including phenoxy) is 2. The second kappa shape index (κ2) is 9.50. The van der Waals surface area contributed by atoms with Crippen LogP contribution in [0.5, 0.6) is 5.75 Å². The number of anilines is 2. The third-order valence-corrected chi connectivity index (χ3v) is 4.42. The van der Waals surface area contributed by atoms with Crippen LogP contribution in [0.4, 0.5) is 24.5 Å². The molecule has 2 aromatic rings. The number of carbonyl (C=O) groups excluding carboxylic acids is 3. The maximum atomic E-state index is 12.7. The molecule has 0 radical (unpaired) electrons. The van der Waals surface area contributed by atoms with Gasteiger partial charge in [-0.15, -0.1) is 0 Å². The molecule has 0 bridgehead atoms. The molecule has 1 aliphatic rings. The number of hydrogen-bond acceptors (Lipinski definition) is 5. The number of benzene rings is 2. The summed E-state index contributed by atoms with van der Waals surface area (Å²) in [5.74, 6) is -1.60. The largest absolute Gasteiger partial charge is 0.482 e. The Bertz CT molecular complexity index is 960. The zero-order chi connectivity index (χ0) is 22.4. The monoisotopic (exact) mass is 436 g/mol. The Kier molecular flexibility index (Phi) is 6.78. The first kappa shape index (κ1) is 22.1. The molecule has 0 aromatic heterocycles. The van der Waals surface area contributed by atoms with E-state index in [1.165, 1.54) is 6.07 Å². The smallest absolute Gasteiger partial charge is 0.416 e. The predicted molar refractivity (Wildman–Crippen MR) is 105 cm³/mol. The number of nitrogens with zero attached hydrogens (tertiary/aromatic N) is 1. The van der Waals surface area contributed by atoms with E-state index in [0.29, 0.717) is 18.7 Å². The molecule has 7 nitrogen and oxygen atoms in total. The Morgan fingerprint density at radius 1 is 1.06 bits per heavy atom. The molecule has 1 saturated heterocycles. The summed E-state index contributed by atoms with van der Waals surface area (Å²) >= 11 is 0. The minimum atomic E-state index is -4.53. The van der Waals surface area contributed by atoms with E-state index < -0.39 is 36.8 Å². The zero-order valence-electron chi connectivity index (χ0n) is 16.3. The highest BCUT2D eigenvalue weighted by Gasteiger charge is 2.30. The fraction of sp³-hybridized carbons (Fsp3) is 0.286. The van der Waals surface area contributed by atoms with Gasteiger partial charge in [-0.3, -0.25) is 9.59 Å². The molecule has 0 atom stereocenters. The average Bonchev–Trinajstić information content (AvgIpc) is 3.17. The highest BCUT2D eigenvalue weighted by molar-refractivity contribution is 5.96. The SMILES string of the molecule is O=C(COC(=O)COc1cccc(C(F)(F)F)c1)Nc1ccc(N2CCCC2=O)cc1. The summed E-state index contributed by atoms with van der Waals surface area (Å²) in [4.78, 5) is 37.0. The van der Waals surface area contributed by atoms with Gasteiger partial charge in [0.15, 0.2) is 13.2 Å². The molecule has 0 spiro atoms. The van der Waals surface area contributed by atoms with Crippen LogP contribution in [0.15, 0.2) is 48.5 Å². The third kappa shape index (κ3) is 6.21. The van der Waals surface area contributed by atoms with Gasteiger partial charge in [-0.2, -0.15) is 13.2 Å². The normalized spacial score (nSPS) is 13.8. The lowest BCUT2D eigenvalue weighted by molar-refractivity contribution is -0.149. The van der Waals surface area contributed by atoms with Crippen molar-refractivity contribution in [3.05, 3.63) is 54.1 Å². The molecule has 3 rings (SSSR count). The van der Waals surface area contributed by atoms with Crippen molar-refractivity contribution in [2.75, 3.05) is 30.0 Å². The van der Waals surface area contributed by atoms with E-state index in [0.717, 1.165) is 30.3 Å². The number of esters is 1. The Morgan fingerprint density at radius 2 is 1.81 bits per heavy atom. The summed E-state index contributed by atoms with van der Waals surface area (Å²) in [5, 5.41) is 2.54. The van der Waals surface area contributed by atoms with Crippen molar-refractivity contribution < 1.29 is 37.0 Å². The van der Waals surface area contributed by atoms with Crippen molar-refractivity contribution in [1.82, 2.24) is 0 Å². The van der Waals surface area contributed by atoms with Gasteiger partial charge < -0.3 is 19.7 Å². The van der Waals surface area contributed by atoms with Gasteiger partial charge in [0.05, 0.1) is 5.56 Å². The van der Waals surface area contributed by atoms with Crippen LogP contribution in [-0.2, 0) is 25.3 Å². The highest BCUT2D eigenvalue weighted by atomic mass is 19.4. The molecule has 0 unspecified atom stereocenters. The van der Waals surface area contributed by atoms with Crippen molar-refractivity contribution in [3.63, 3.8) is 0 Å². The molecule has 31 heavy (non-hydrogen) atoms. The van der Waals surface area contributed by atoms with Crippen LogP contribution in [0.1, 0.15) is 18.4 Å². The molecule has 1 aliphatic heterocycles. The first-order chi connectivity index (χ1) is 14.7. The summed E-state index contributed by atoms with van der Waals surface area (Å²) < 4.78 is 47.7. The molecular weight excluding hydrogens is 417 g/mol. The number of amides is 2. The molecule has 164 valence electrons. The topological polar surface area (TPSA) is 84.9 Å². The summed E-state index contributed by atoms with van der Waals surface area (Å²) in [6, 6.07) is 10.7. The van der Waals surface area contributed by atoms with E-state index in [-0.39, 0.29) is 11.7 Å². The van der Waals surface area contributed by atoms with Gasteiger partial charge in [0, 0.05) is 24.3 Å². The van der Waals surface area contributed by atoms with Crippen molar-refractivity contribution in [2.24, 2.45) is 0 Å². The minimum Gasteiger partial charge on any atom is -0.482 e. The summed E-state index contributed by atoms with van der Waals surface area (Å²) in [6.07, 6.45) is -3.21. The molecule has 2 aromatic carbocycles. The number of hydrogen-bond donors (Lipinski definition) is 1. The Hall–Kier alpha value is -3.56. The zero-order valence-corrected chi connectivity index (χ0v) is 16.3.